The first-order valence-corrected chi connectivity index (χ1v) is 9.61. The van der Waals surface area contributed by atoms with Gasteiger partial charge in [0.25, 0.3) is 11.8 Å². The molecule has 5 N–H and O–H groups in total. The molecule has 0 radical (unpaired) electrons. The Hall–Kier alpha value is -3.94. The van der Waals surface area contributed by atoms with Crippen molar-refractivity contribution in [1.82, 2.24) is 15.3 Å². The summed E-state index contributed by atoms with van der Waals surface area (Å²) in [4.78, 5) is 32.8. The summed E-state index contributed by atoms with van der Waals surface area (Å²) < 4.78 is 0. The van der Waals surface area contributed by atoms with Gasteiger partial charge in [-0.3, -0.25) is 9.59 Å². The van der Waals surface area contributed by atoms with Crippen LogP contribution in [0.3, 0.4) is 0 Å². The van der Waals surface area contributed by atoms with E-state index in [-0.39, 0.29) is 17.3 Å². The molecule has 1 aliphatic heterocycles. The van der Waals surface area contributed by atoms with E-state index in [1.165, 1.54) is 6.20 Å². The lowest BCUT2D eigenvalue weighted by Crippen LogP contribution is -2.32. The molecule has 0 unspecified atom stereocenters. The fourth-order valence-electron chi connectivity index (χ4n) is 3.43. The maximum atomic E-state index is 12.1. The second kappa shape index (κ2) is 7.82. The van der Waals surface area contributed by atoms with Crippen molar-refractivity contribution in [2.75, 3.05) is 17.2 Å². The molecule has 0 spiro atoms. The lowest BCUT2D eigenvalue weighted by Gasteiger charge is -2.21. The van der Waals surface area contributed by atoms with Crippen LogP contribution < -0.4 is 21.7 Å². The van der Waals surface area contributed by atoms with Crippen LogP contribution in [-0.2, 0) is 6.42 Å². The molecule has 4 rings (SSSR count). The molecule has 0 fully saturated rings. The first kappa shape index (κ1) is 19.4. The van der Waals surface area contributed by atoms with Crippen LogP contribution in [0.5, 0.6) is 0 Å². The molecule has 2 amide bonds. The molecule has 30 heavy (non-hydrogen) atoms. The number of aryl methyl sites for hydroxylation is 1. The fourth-order valence-corrected chi connectivity index (χ4v) is 3.43. The summed E-state index contributed by atoms with van der Waals surface area (Å²) in [6.07, 6.45) is 2.07. The van der Waals surface area contributed by atoms with Crippen molar-refractivity contribution < 1.29 is 9.59 Å². The predicted octanol–water partition coefficient (Wildman–Crippen LogP) is 2.97. The largest absolute Gasteiger partial charge is 0.365 e. The standard InChI is InChI=1S/C22H22N6O2/c1-12-5-3-7-17(13(12)2)27-22-25-11-16(19(23)29)20(28-22)26-18-8-4-6-15-14(18)9-10-24-21(15)30/h3-8,11H,9-10H2,1-2H3,(H2,23,29)(H,24,30)(H2,25,26,27,28). The second-order valence-electron chi connectivity index (χ2n) is 7.16. The van der Waals surface area contributed by atoms with E-state index in [1.807, 2.05) is 38.1 Å². The van der Waals surface area contributed by atoms with Gasteiger partial charge in [-0.2, -0.15) is 4.98 Å². The molecule has 0 atom stereocenters. The molecule has 0 aliphatic carbocycles. The summed E-state index contributed by atoms with van der Waals surface area (Å²) in [5.41, 5.74) is 11.0. The summed E-state index contributed by atoms with van der Waals surface area (Å²) in [5.74, 6) is -0.142. The minimum atomic E-state index is -0.640. The molecular weight excluding hydrogens is 380 g/mol. The highest BCUT2D eigenvalue weighted by Crippen LogP contribution is 2.28. The minimum Gasteiger partial charge on any atom is -0.365 e. The first-order valence-electron chi connectivity index (χ1n) is 9.61. The van der Waals surface area contributed by atoms with Crippen LogP contribution in [0, 0.1) is 13.8 Å². The third-order valence-corrected chi connectivity index (χ3v) is 5.24. The predicted molar refractivity (Wildman–Crippen MR) is 116 cm³/mol. The molecule has 2 aromatic carbocycles. The molecule has 8 heteroatoms. The minimum absolute atomic E-state index is 0.116. The van der Waals surface area contributed by atoms with Crippen molar-refractivity contribution >= 4 is 35.0 Å². The van der Waals surface area contributed by atoms with Crippen LogP contribution in [0.4, 0.5) is 23.1 Å². The number of benzene rings is 2. The number of nitrogens with one attached hydrogen (secondary N) is 3. The smallest absolute Gasteiger partial charge is 0.254 e. The monoisotopic (exact) mass is 402 g/mol. The molecule has 3 aromatic rings. The molecule has 2 heterocycles. The third-order valence-electron chi connectivity index (χ3n) is 5.24. The number of amides is 2. The highest BCUT2D eigenvalue weighted by Gasteiger charge is 2.21. The number of nitrogens with zero attached hydrogens (tertiary/aromatic N) is 2. The Morgan fingerprint density at radius 2 is 1.87 bits per heavy atom. The number of rotatable bonds is 5. The van der Waals surface area contributed by atoms with Crippen LogP contribution in [-0.4, -0.2) is 28.3 Å². The van der Waals surface area contributed by atoms with Gasteiger partial charge in [0.05, 0.1) is 0 Å². The number of carbonyl (C=O) groups excluding carboxylic acids is 2. The Morgan fingerprint density at radius 1 is 1.10 bits per heavy atom. The number of nitrogens with two attached hydrogens (primary N) is 1. The molecule has 0 saturated carbocycles. The zero-order valence-electron chi connectivity index (χ0n) is 16.7. The Labute approximate surface area is 173 Å². The van der Waals surface area contributed by atoms with Gasteiger partial charge in [-0.25, -0.2) is 4.98 Å². The molecule has 152 valence electrons. The topological polar surface area (TPSA) is 122 Å². The van der Waals surface area contributed by atoms with E-state index in [9.17, 15) is 9.59 Å². The van der Waals surface area contributed by atoms with Gasteiger partial charge < -0.3 is 21.7 Å². The highest BCUT2D eigenvalue weighted by atomic mass is 16.2. The molecule has 1 aromatic heterocycles. The number of primary amides is 1. The summed E-state index contributed by atoms with van der Waals surface area (Å²) in [5, 5.41) is 9.21. The number of carbonyl (C=O) groups is 2. The van der Waals surface area contributed by atoms with Gasteiger partial charge >= 0.3 is 0 Å². The molecule has 1 aliphatic rings. The van der Waals surface area contributed by atoms with Gasteiger partial charge in [-0.05, 0) is 55.2 Å². The third kappa shape index (κ3) is 3.67. The average Bonchev–Trinajstić information content (AvgIpc) is 2.72. The van der Waals surface area contributed by atoms with Crippen molar-refractivity contribution in [3.8, 4) is 0 Å². The Bertz CT molecular complexity index is 1160. The Morgan fingerprint density at radius 3 is 2.67 bits per heavy atom. The second-order valence-corrected chi connectivity index (χ2v) is 7.16. The lowest BCUT2D eigenvalue weighted by molar-refractivity contribution is 0.0944. The fraction of sp³-hybridized carbons (Fsp3) is 0.182. The number of hydrogen-bond donors (Lipinski definition) is 4. The summed E-state index contributed by atoms with van der Waals surface area (Å²) in [7, 11) is 0. The van der Waals surface area contributed by atoms with Crippen molar-refractivity contribution in [2.45, 2.75) is 20.3 Å². The Kier molecular flexibility index (Phi) is 5.05. The van der Waals surface area contributed by atoms with Crippen LogP contribution in [0.1, 0.15) is 37.4 Å². The molecule has 0 bridgehead atoms. The van der Waals surface area contributed by atoms with Crippen LogP contribution in [0.2, 0.25) is 0 Å². The zero-order valence-corrected chi connectivity index (χ0v) is 16.7. The van der Waals surface area contributed by atoms with Gasteiger partial charge in [0.15, 0.2) is 0 Å². The van der Waals surface area contributed by atoms with E-state index in [4.69, 9.17) is 5.73 Å². The van der Waals surface area contributed by atoms with Gasteiger partial charge in [0.2, 0.25) is 5.95 Å². The summed E-state index contributed by atoms with van der Waals surface area (Å²) >= 11 is 0. The maximum absolute atomic E-state index is 12.1. The number of anilines is 4. The van der Waals surface area contributed by atoms with E-state index >= 15 is 0 Å². The van der Waals surface area contributed by atoms with Gasteiger partial charge in [0.1, 0.15) is 11.4 Å². The van der Waals surface area contributed by atoms with Crippen molar-refractivity contribution in [3.63, 3.8) is 0 Å². The quantitative estimate of drug-likeness (QED) is 0.520. The molecule has 8 nitrogen and oxygen atoms in total. The molecule has 0 saturated heterocycles. The van der Waals surface area contributed by atoms with E-state index < -0.39 is 5.91 Å². The van der Waals surface area contributed by atoms with Crippen molar-refractivity contribution in [1.29, 1.82) is 0 Å². The van der Waals surface area contributed by atoms with Gasteiger partial charge in [-0.1, -0.05) is 18.2 Å². The lowest BCUT2D eigenvalue weighted by atomic mass is 9.98. The van der Waals surface area contributed by atoms with Crippen LogP contribution in [0.15, 0.2) is 42.6 Å². The van der Waals surface area contributed by atoms with Crippen LogP contribution in [0.25, 0.3) is 0 Å². The molecular formula is C22H22N6O2. The summed E-state index contributed by atoms with van der Waals surface area (Å²) in [6.45, 7) is 4.59. The summed E-state index contributed by atoms with van der Waals surface area (Å²) in [6, 6.07) is 11.3. The maximum Gasteiger partial charge on any atom is 0.254 e. The number of aromatic nitrogens is 2. The van der Waals surface area contributed by atoms with Gasteiger partial charge in [0, 0.05) is 29.7 Å². The zero-order chi connectivity index (χ0) is 21.3. The van der Waals surface area contributed by atoms with E-state index in [0.29, 0.717) is 30.2 Å². The van der Waals surface area contributed by atoms with E-state index in [1.54, 1.807) is 12.1 Å². The average molecular weight is 402 g/mol. The highest BCUT2D eigenvalue weighted by molar-refractivity contribution is 6.00. The number of fused-ring (bicyclic) bond motifs is 1. The van der Waals surface area contributed by atoms with Crippen molar-refractivity contribution in [3.05, 3.63) is 70.4 Å². The normalized spacial score (nSPS) is 12.7. The van der Waals surface area contributed by atoms with Crippen molar-refractivity contribution in [2.24, 2.45) is 5.73 Å². The van der Waals surface area contributed by atoms with Crippen LogP contribution >= 0.6 is 0 Å². The Balaban J connectivity index is 1.71. The number of hydrogen-bond acceptors (Lipinski definition) is 6. The van der Waals surface area contributed by atoms with E-state index in [2.05, 4.69) is 25.9 Å². The van der Waals surface area contributed by atoms with E-state index in [0.717, 1.165) is 22.4 Å². The van der Waals surface area contributed by atoms with Gasteiger partial charge in [-0.15, -0.1) is 0 Å². The first-order chi connectivity index (χ1) is 14.4. The SMILES string of the molecule is Cc1cccc(Nc2ncc(C(N)=O)c(Nc3cccc4c3CCNC4=O)n2)c1C.